The molecule has 0 radical (unpaired) electrons. The lowest BCUT2D eigenvalue weighted by Crippen LogP contribution is -2.20. The monoisotopic (exact) mass is 409 g/mol. The molecule has 0 spiro atoms. The molecule has 0 saturated carbocycles. The molecule has 4 nitrogen and oxygen atoms in total. The van der Waals surface area contributed by atoms with Gasteiger partial charge in [-0.15, -0.1) is 0 Å². The van der Waals surface area contributed by atoms with Crippen LogP contribution in [0.25, 0.3) is 27.7 Å². The van der Waals surface area contributed by atoms with Gasteiger partial charge in [0.2, 0.25) is 5.28 Å². The Balaban J connectivity index is 1.51. The van der Waals surface area contributed by atoms with Crippen molar-refractivity contribution >= 4 is 27.9 Å². The van der Waals surface area contributed by atoms with Crippen molar-refractivity contribution in [1.82, 2.24) is 15.0 Å². The Bertz CT molecular complexity index is 1360. The Kier molecular flexibility index (Phi) is 3.93. The van der Waals surface area contributed by atoms with Crippen LogP contribution in [-0.2, 0) is 0 Å². The number of nitrogens with zero attached hydrogens (tertiary/aromatic N) is 3. The molecule has 2 atom stereocenters. The Morgan fingerprint density at radius 2 is 1.60 bits per heavy atom. The first-order valence-corrected chi connectivity index (χ1v) is 10.2. The molecule has 1 aliphatic heterocycles. The van der Waals surface area contributed by atoms with Crippen LogP contribution in [0, 0.1) is 0 Å². The number of hydrogen-bond acceptors (Lipinski definition) is 4. The first-order chi connectivity index (χ1) is 14.8. The number of aromatic nitrogens is 3. The minimum absolute atomic E-state index is 0.0324. The maximum Gasteiger partial charge on any atom is 0.226 e. The second-order valence-corrected chi connectivity index (χ2v) is 7.72. The van der Waals surface area contributed by atoms with Gasteiger partial charge in [-0.3, -0.25) is 0 Å². The van der Waals surface area contributed by atoms with Crippen molar-refractivity contribution < 1.29 is 4.74 Å². The maximum absolute atomic E-state index is 6.37. The number of rotatable bonds is 2. The topological polar surface area (TPSA) is 47.9 Å². The fourth-order valence-corrected chi connectivity index (χ4v) is 4.50. The van der Waals surface area contributed by atoms with E-state index in [0.29, 0.717) is 11.6 Å². The molecule has 0 N–H and O–H groups in total. The van der Waals surface area contributed by atoms with Crippen molar-refractivity contribution in [1.29, 1.82) is 0 Å². The summed E-state index contributed by atoms with van der Waals surface area (Å²) in [7, 11) is 0. The van der Waals surface area contributed by atoms with Crippen LogP contribution in [0.4, 0.5) is 0 Å². The molecule has 2 aliphatic rings. The number of halogens is 1. The van der Waals surface area contributed by atoms with Gasteiger partial charge < -0.3 is 4.74 Å². The van der Waals surface area contributed by atoms with E-state index in [9.17, 15) is 0 Å². The molecule has 2 unspecified atom stereocenters. The summed E-state index contributed by atoms with van der Waals surface area (Å²) in [5, 5.41) is 2.39. The number of benzene rings is 3. The zero-order chi connectivity index (χ0) is 20.1. The van der Waals surface area contributed by atoms with Gasteiger partial charge in [-0.05, 0) is 34.5 Å². The van der Waals surface area contributed by atoms with Crippen LogP contribution >= 0.6 is 11.6 Å². The summed E-state index contributed by atoms with van der Waals surface area (Å²) in [6, 6.07) is 22.4. The average Bonchev–Trinajstić information content (AvgIpc) is 3.17. The van der Waals surface area contributed by atoms with E-state index < -0.39 is 0 Å². The van der Waals surface area contributed by atoms with Crippen molar-refractivity contribution in [2.24, 2.45) is 0 Å². The molecular formula is C25H16ClN3O. The minimum Gasteiger partial charge on any atom is -0.485 e. The predicted molar refractivity (Wildman–Crippen MR) is 118 cm³/mol. The van der Waals surface area contributed by atoms with Gasteiger partial charge in [0.05, 0.1) is 5.92 Å². The van der Waals surface area contributed by atoms with E-state index in [4.69, 9.17) is 21.3 Å². The van der Waals surface area contributed by atoms with Gasteiger partial charge in [-0.2, -0.15) is 9.97 Å². The van der Waals surface area contributed by atoms with Gasteiger partial charge in [0, 0.05) is 16.7 Å². The van der Waals surface area contributed by atoms with E-state index in [-0.39, 0.29) is 17.3 Å². The number of ether oxygens (including phenoxy) is 1. The highest BCUT2D eigenvalue weighted by atomic mass is 35.5. The highest BCUT2D eigenvalue weighted by Gasteiger charge is 2.38. The van der Waals surface area contributed by atoms with E-state index in [2.05, 4.69) is 40.3 Å². The minimum atomic E-state index is -0.0704. The molecule has 3 aromatic carbocycles. The Morgan fingerprint density at radius 1 is 0.800 bits per heavy atom. The second-order valence-electron chi connectivity index (χ2n) is 7.38. The molecule has 0 fully saturated rings. The van der Waals surface area contributed by atoms with E-state index in [1.54, 1.807) is 0 Å². The summed E-state index contributed by atoms with van der Waals surface area (Å²) >= 11 is 6.37. The van der Waals surface area contributed by atoms with Crippen molar-refractivity contribution in [2.45, 2.75) is 12.0 Å². The zero-order valence-electron chi connectivity index (χ0n) is 15.9. The lowest BCUT2D eigenvalue weighted by Gasteiger charge is -2.21. The van der Waals surface area contributed by atoms with Crippen LogP contribution in [0.1, 0.15) is 17.3 Å². The van der Waals surface area contributed by atoms with Gasteiger partial charge in [0.1, 0.15) is 11.9 Å². The summed E-state index contributed by atoms with van der Waals surface area (Å²) < 4.78 is 6.13. The molecule has 6 rings (SSSR count). The largest absolute Gasteiger partial charge is 0.485 e. The smallest absolute Gasteiger partial charge is 0.226 e. The number of hydrogen-bond donors (Lipinski definition) is 0. The fourth-order valence-electron chi connectivity index (χ4n) is 4.34. The molecule has 30 heavy (non-hydrogen) atoms. The van der Waals surface area contributed by atoms with Crippen LogP contribution in [0.2, 0.25) is 5.28 Å². The summed E-state index contributed by atoms with van der Waals surface area (Å²) in [4.78, 5) is 13.8. The summed E-state index contributed by atoms with van der Waals surface area (Å²) in [5.74, 6) is 2.09. The van der Waals surface area contributed by atoms with Crippen molar-refractivity contribution in [3.8, 4) is 17.1 Å². The van der Waals surface area contributed by atoms with Crippen molar-refractivity contribution in [3.63, 3.8) is 0 Å². The summed E-state index contributed by atoms with van der Waals surface area (Å²) in [6.07, 6.45) is 6.05. The molecule has 1 aliphatic carbocycles. The number of para-hydroxylation sites is 1. The SMILES string of the molecule is Clc1nc(C2=CC=CC3Oc4ccccc4C23)nc(-c2cccc3ccccc23)n1. The van der Waals surface area contributed by atoms with E-state index in [0.717, 1.165) is 33.2 Å². The van der Waals surface area contributed by atoms with Gasteiger partial charge >= 0.3 is 0 Å². The number of allylic oxidation sites excluding steroid dienone is 2. The molecule has 4 aromatic rings. The molecule has 144 valence electrons. The fraction of sp³-hybridized carbons (Fsp3) is 0.0800. The lowest BCUT2D eigenvalue weighted by molar-refractivity contribution is 0.271. The normalized spacial score (nSPS) is 19.2. The van der Waals surface area contributed by atoms with Crippen LogP contribution < -0.4 is 4.74 Å². The van der Waals surface area contributed by atoms with Gasteiger partial charge in [-0.1, -0.05) is 72.8 Å². The molecular weight excluding hydrogens is 394 g/mol. The third-order valence-corrected chi connectivity index (χ3v) is 5.82. The molecule has 1 aromatic heterocycles. The van der Waals surface area contributed by atoms with Gasteiger partial charge in [0.25, 0.3) is 0 Å². The molecule has 0 bridgehead atoms. The van der Waals surface area contributed by atoms with Crippen LogP contribution in [0.5, 0.6) is 5.75 Å². The predicted octanol–water partition coefficient (Wildman–Crippen LogP) is 5.84. The first kappa shape index (κ1) is 17.4. The van der Waals surface area contributed by atoms with Gasteiger partial charge in [-0.25, -0.2) is 4.98 Å². The van der Waals surface area contributed by atoms with Crippen LogP contribution in [0.3, 0.4) is 0 Å². The molecule has 0 saturated heterocycles. The lowest BCUT2D eigenvalue weighted by atomic mass is 9.84. The summed E-state index contributed by atoms with van der Waals surface area (Å²) in [5.41, 5.74) is 3.06. The summed E-state index contributed by atoms with van der Waals surface area (Å²) in [6.45, 7) is 0. The average molecular weight is 410 g/mol. The van der Waals surface area contributed by atoms with E-state index >= 15 is 0 Å². The van der Waals surface area contributed by atoms with Crippen molar-refractivity contribution in [2.75, 3.05) is 0 Å². The molecule has 5 heteroatoms. The third-order valence-electron chi connectivity index (χ3n) is 5.65. The Hall–Kier alpha value is -3.50. The molecule has 2 heterocycles. The first-order valence-electron chi connectivity index (χ1n) is 9.82. The Labute approximate surface area is 178 Å². The van der Waals surface area contributed by atoms with Crippen LogP contribution in [0.15, 0.2) is 85.0 Å². The van der Waals surface area contributed by atoms with Gasteiger partial charge in [0.15, 0.2) is 11.6 Å². The molecule has 0 amide bonds. The highest BCUT2D eigenvalue weighted by Crippen LogP contribution is 2.47. The highest BCUT2D eigenvalue weighted by molar-refractivity contribution is 6.28. The quantitative estimate of drug-likeness (QED) is 0.417. The zero-order valence-corrected chi connectivity index (χ0v) is 16.6. The standard InChI is InChI=1S/C25H16ClN3O/c26-25-28-23(17-11-5-8-15-7-1-2-9-16(15)17)27-24(29-25)19-12-6-14-21-22(19)18-10-3-4-13-20(18)30-21/h1-14,21-22H. The maximum atomic E-state index is 6.37. The Morgan fingerprint density at radius 3 is 2.57 bits per heavy atom. The van der Waals surface area contributed by atoms with E-state index in [1.165, 1.54) is 0 Å². The van der Waals surface area contributed by atoms with Crippen LogP contribution in [-0.4, -0.2) is 21.1 Å². The second kappa shape index (κ2) is 6.78. The van der Waals surface area contributed by atoms with E-state index in [1.807, 2.05) is 54.6 Å². The third kappa shape index (κ3) is 2.72. The number of fused-ring (bicyclic) bond motifs is 4. The van der Waals surface area contributed by atoms with Crippen molar-refractivity contribution in [3.05, 3.63) is 102 Å².